The summed E-state index contributed by atoms with van der Waals surface area (Å²) in [6.45, 7) is 3.39. The zero-order chi connectivity index (χ0) is 15.6. The van der Waals surface area contributed by atoms with Crippen LogP contribution < -0.4 is 10.6 Å². The van der Waals surface area contributed by atoms with E-state index in [4.69, 9.17) is 4.74 Å². The first kappa shape index (κ1) is 15.5. The summed E-state index contributed by atoms with van der Waals surface area (Å²) in [6, 6.07) is 1.76. The Labute approximate surface area is 130 Å². The lowest BCUT2D eigenvalue weighted by atomic mass is 10.2. The molecule has 8 heteroatoms. The Bertz CT molecular complexity index is 629. The van der Waals surface area contributed by atoms with Crippen molar-refractivity contribution in [3.05, 3.63) is 11.9 Å². The minimum atomic E-state index is -2.90. The standard InChI is InChI=1S/C14H22N4O3S/c1-10-16-13(15-8-12-3-2-5-21-12)7-14(17-10)18-11-4-6-22(19,20)9-11/h7,11-12H,2-6,8-9H2,1H3,(H2,15,16,17,18). The zero-order valence-corrected chi connectivity index (χ0v) is 13.5. The summed E-state index contributed by atoms with van der Waals surface area (Å²) in [5.74, 6) is 2.49. The molecule has 1 aromatic rings. The molecule has 2 unspecified atom stereocenters. The quantitative estimate of drug-likeness (QED) is 0.833. The van der Waals surface area contributed by atoms with Crippen LogP contribution in [0, 0.1) is 6.92 Å². The van der Waals surface area contributed by atoms with Crippen LogP contribution in [0.1, 0.15) is 25.1 Å². The van der Waals surface area contributed by atoms with E-state index in [0.717, 1.165) is 31.8 Å². The van der Waals surface area contributed by atoms with Crippen LogP contribution in [-0.2, 0) is 14.6 Å². The van der Waals surface area contributed by atoms with E-state index in [1.807, 2.05) is 13.0 Å². The molecule has 0 aromatic carbocycles. The average Bonchev–Trinajstić information content (AvgIpc) is 3.05. The second kappa shape index (κ2) is 6.37. The maximum absolute atomic E-state index is 11.5. The molecular formula is C14H22N4O3S. The Morgan fingerprint density at radius 2 is 2.14 bits per heavy atom. The van der Waals surface area contributed by atoms with Crippen molar-refractivity contribution >= 4 is 21.5 Å². The number of hydrogen-bond acceptors (Lipinski definition) is 7. The van der Waals surface area contributed by atoms with Crippen molar-refractivity contribution in [2.45, 2.75) is 38.3 Å². The van der Waals surface area contributed by atoms with E-state index in [0.29, 0.717) is 18.1 Å². The van der Waals surface area contributed by atoms with Crippen LogP contribution in [0.5, 0.6) is 0 Å². The monoisotopic (exact) mass is 326 g/mol. The highest BCUT2D eigenvalue weighted by atomic mass is 32.2. The minimum absolute atomic E-state index is 0.0645. The van der Waals surface area contributed by atoms with Crippen LogP contribution in [0.3, 0.4) is 0 Å². The van der Waals surface area contributed by atoms with Gasteiger partial charge < -0.3 is 15.4 Å². The Hall–Kier alpha value is -1.41. The number of anilines is 2. The van der Waals surface area contributed by atoms with E-state index in [9.17, 15) is 8.42 Å². The molecule has 2 aliphatic heterocycles. The first-order valence-electron chi connectivity index (χ1n) is 7.68. The van der Waals surface area contributed by atoms with E-state index in [1.165, 1.54) is 0 Å². The number of sulfone groups is 1. The molecular weight excluding hydrogens is 304 g/mol. The Morgan fingerprint density at radius 3 is 2.82 bits per heavy atom. The molecule has 7 nitrogen and oxygen atoms in total. The molecule has 2 atom stereocenters. The summed E-state index contributed by atoms with van der Waals surface area (Å²) in [4.78, 5) is 8.70. The zero-order valence-electron chi connectivity index (χ0n) is 12.7. The third-order valence-corrected chi connectivity index (χ3v) is 5.73. The predicted octanol–water partition coefficient (Wildman–Crippen LogP) is 0.975. The summed E-state index contributed by atoms with van der Waals surface area (Å²) in [7, 11) is -2.90. The van der Waals surface area contributed by atoms with Crippen molar-refractivity contribution in [1.82, 2.24) is 9.97 Å². The molecule has 0 radical (unpaired) electrons. The van der Waals surface area contributed by atoms with Gasteiger partial charge in [-0.3, -0.25) is 0 Å². The van der Waals surface area contributed by atoms with E-state index in [1.54, 1.807) is 0 Å². The lowest BCUT2D eigenvalue weighted by Gasteiger charge is -2.15. The van der Waals surface area contributed by atoms with Gasteiger partial charge in [-0.2, -0.15) is 0 Å². The third kappa shape index (κ3) is 4.07. The Kier molecular flexibility index (Phi) is 4.49. The number of nitrogens with zero attached hydrogens (tertiary/aromatic N) is 2. The van der Waals surface area contributed by atoms with Crippen molar-refractivity contribution in [2.24, 2.45) is 0 Å². The van der Waals surface area contributed by atoms with Crippen molar-refractivity contribution in [3.8, 4) is 0 Å². The molecule has 0 bridgehead atoms. The highest BCUT2D eigenvalue weighted by Crippen LogP contribution is 2.19. The molecule has 3 heterocycles. The van der Waals surface area contributed by atoms with Gasteiger partial charge in [0.2, 0.25) is 0 Å². The van der Waals surface area contributed by atoms with Gasteiger partial charge in [0.15, 0.2) is 9.84 Å². The van der Waals surface area contributed by atoms with E-state index in [-0.39, 0.29) is 23.7 Å². The molecule has 0 spiro atoms. The van der Waals surface area contributed by atoms with Gasteiger partial charge in [0.1, 0.15) is 17.5 Å². The van der Waals surface area contributed by atoms with Gasteiger partial charge in [-0.1, -0.05) is 0 Å². The summed E-state index contributed by atoms with van der Waals surface area (Å²) in [5, 5.41) is 6.48. The number of aromatic nitrogens is 2. The molecule has 3 rings (SSSR count). The average molecular weight is 326 g/mol. The Morgan fingerprint density at radius 1 is 1.32 bits per heavy atom. The maximum Gasteiger partial charge on any atom is 0.152 e. The van der Waals surface area contributed by atoms with E-state index < -0.39 is 9.84 Å². The van der Waals surface area contributed by atoms with Crippen LogP contribution in [0.25, 0.3) is 0 Å². The smallest absolute Gasteiger partial charge is 0.152 e. The van der Waals surface area contributed by atoms with Gasteiger partial charge in [-0.15, -0.1) is 0 Å². The SMILES string of the molecule is Cc1nc(NCC2CCCO2)cc(NC2CCS(=O)(=O)C2)n1. The number of ether oxygens (including phenoxy) is 1. The van der Waals surface area contributed by atoms with Crippen LogP contribution in [0.15, 0.2) is 6.07 Å². The topological polar surface area (TPSA) is 93.2 Å². The van der Waals surface area contributed by atoms with Crippen molar-refractivity contribution in [3.63, 3.8) is 0 Å². The number of rotatable bonds is 5. The predicted molar refractivity (Wildman–Crippen MR) is 84.9 cm³/mol. The van der Waals surface area contributed by atoms with E-state index >= 15 is 0 Å². The molecule has 2 saturated heterocycles. The maximum atomic E-state index is 11.5. The molecule has 0 aliphatic carbocycles. The molecule has 0 saturated carbocycles. The number of aryl methyl sites for hydroxylation is 1. The lowest BCUT2D eigenvalue weighted by molar-refractivity contribution is 0.120. The number of nitrogens with one attached hydrogen (secondary N) is 2. The van der Waals surface area contributed by atoms with Gasteiger partial charge in [0.25, 0.3) is 0 Å². The fraction of sp³-hybridized carbons (Fsp3) is 0.714. The van der Waals surface area contributed by atoms with Gasteiger partial charge in [-0.05, 0) is 26.2 Å². The molecule has 22 heavy (non-hydrogen) atoms. The first-order chi connectivity index (χ1) is 10.5. The fourth-order valence-electron chi connectivity index (χ4n) is 2.87. The molecule has 122 valence electrons. The van der Waals surface area contributed by atoms with Crippen LogP contribution in [0.2, 0.25) is 0 Å². The second-order valence-corrected chi connectivity index (χ2v) is 8.17. The fourth-order valence-corrected chi connectivity index (χ4v) is 4.55. The molecule has 0 amide bonds. The molecule has 2 N–H and O–H groups in total. The number of hydrogen-bond donors (Lipinski definition) is 2. The van der Waals surface area contributed by atoms with Gasteiger partial charge in [0.05, 0.1) is 17.6 Å². The van der Waals surface area contributed by atoms with Crippen molar-refractivity contribution in [1.29, 1.82) is 0 Å². The summed E-state index contributed by atoms with van der Waals surface area (Å²) in [5.41, 5.74) is 0. The second-order valence-electron chi connectivity index (χ2n) is 5.95. The molecule has 2 fully saturated rings. The largest absolute Gasteiger partial charge is 0.376 e. The third-order valence-electron chi connectivity index (χ3n) is 3.96. The molecule has 2 aliphatic rings. The van der Waals surface area contributed by atoms with Crippen LogP contribution in [0.4, 0.5) is 11.6 Å². The van der Waals surface area contributed by atoms with Crippen molar-refractivity contribution < 1.29 is 13.2 Å². The normalized spacial score (nSPS) is 27.0. The minimum Gasteiger partial charge on any atom is -0.376 e. The van der Waals surface area contributed by atoms with Crippen molar-refractivity contribution in [2.75, 3.05) is 35.3 Å². The first-order valence-corrected chi connectivity index (χ1v) is 9.50. The van der Waals surface area contributed by atoms with Crippen LogP contribution in [-0.4, -0.2) is 55.2 Å². The van der Waals surface area contributed by atoms with E-state index in [2.05, 4.69) is 20.6 Å². The summed E-state index contributed by atoms with van der Waals surface area (Å²) in [6.07, 6.45) is 3.05. The van der Waals surface area contributed by atoms with Crippen LogP contribution >= 0.6 is 0 Å². The Balaban J connectivity index is 1.62. The highest BCUT2D eigenvalue weighted by molar-refractivity contribution is 7.91. The lowest BCUT2D eigenvalue weighted by Crippen LogP contribution is -2.22. The molecule has 1 aromatic heterocycles. The summed E-state index contributed by atoms with van der Waals surface area (Å²) >= 11 is 0. The highest BCUT2D eigenvalue weighted by Gasteiger charge is 2.28. The van der Waals surface area contributed by atoms with Gasteiger partial charge in [-0.25, -0.2) is 18.4 Å². The van der Waals surface area contributed by atoms with Gasteiger partial charge in [0, 0.05) is 25.3 Å². The summed E-state index contributed by atoms with van der Waals surface area (Å²) < 4.78 is 28.6. The van der Waals surface area contributed by atoms with Gasteiger partial charge >= 0.3 is 0 Å².